The molecule has 19 heavy (non-hydrogen) atoms. The number of carboxylic acid groups (broad SMARTS) is 1. The van der Waals surface area contributed by atoms with E-state index in [1.165, 1.54) is 12.1 Å². The standard InChI is InChI=1S/C13H11NO5/c15-13(16)12-8-7-11(19-12)9-3-1-5-10(14(17)18)6-2-4-9/h1-5,7-9H,6H2,(H,15,16)/b3-1?,4-2-,10-5+. The van der Waals surface area contributed by atoms with Gasteiger partial charge in [-0.15, -0.1) is 0 Å². The molecule has 1 atom stereocenters. The number of furan rings is 1. The molecule has 98 valence electrons. The van der Waals surface area contributed by atoms with Gasteiger partial charge in [0.2, 0.25) is 11.5 Å². The molecule has 0 aliphatic heterocycles. The van der Waals surface area contributed by atoms with Gasteiger partial charge in [-0.25, -0.2) is 4.79 Å². The largest absolute Gasteiger partial charge is 0.475 e. The lowest BCUT2D eigenvalue weighted by molar-refractivity contribution is -0.426. The van der Waals surface area contributed by atoms with Crippen molar-refractivity contribution in [1.29, 1.82) is 0 Å². The van der Waals surface area contributed by atoms with Gasteiger partial charge in [0.05, 0.1) is 17.3 Å². The lowest BCUT2D eigenvalue weighted by Gasteiger charge is -2.05. The third-order valence-electron chi connectivity index (χ3n) is 2.68. The minimum Gasteiger partial charge on any atom is -0.475 e. The van der Waals surface area contributed by atoms with Gasteiger partial charge in [0.1, 0.15) is 5.76 Å². The van der Waals surface area contributed by atoms with Gasteiger partial charge in [-0.05, 0) is 12.1 Å². The highest BCUT2D eigenvalue weighted by atomic mass is 16.6. The lowest BCUT2D eigenvalue weighted by Crippen LogP contribution is -1.99. The Balaban J connectivity index is 2.22. The van der Waals surface area contributed by atoms with Gasteiger partial charge in [-0.2, -0.15) is 0 Å². The van der Waals surface area contributed by atoms with Crippen molar-refractivity contribution in [3.05, 3.63) is 69.8 Å². The lowest BCUT2D eigenvalue weighted by atomic mass is 10.0. The summed E-state index contributed by atoms with van der Waals surface area (Å²) in [7, 11) is 0. The summed E-state index contributed by atoms with van der Waals surface area (Å²) in [5.74, 6) is -0.985. The van der Waals surface area contributed by atoms with Crippen LogP contribution >= 0.6 is 0 Å². The van der Waals surface area contributed by atoms with Crippen molar-refractivity contribution in [2.24, 2.45) is 0 Å². The topological polar surface area (TPSA) is 93.6 Å². The number of carboxylic acids is 1. The molecule has 1 aromatic rings. The van der Waals surface area contributed by atoms with Crippen molar-refractivity contribution < 1.29 is 19.2 Å². The number of rotatable bonds is 3. The van der Waals surface area contributed by atoms with E-state index >= 15 is 0 Å². The van der Waals surface area contributed by atoms with Crippen LogP contribution < -0.4 is 0 Å². The molecule has 1 aliphatic rings. The van der Waals surface area contributed by atoms with Gasteiger partial charge < -0.3 is 9.52 Å². The van der Waals surface area contributed by atoms with E-state index in [0.717, 1.165) is 0 Å². The van der Waals surface area contributed by atoms with Gasteiger partial charge in [-0.1, -0.05) is 24.3 Å². The fourth-order valence-electron chi connectivity index (χ4n) is 1.73. The molecule has 1 unspecified atom stereocenters. The van der Waals surface area contributed by atoms with Crippen LogP contribution in [0.2, 0.25) is 0 Å². The van der Waals surface area contributed by atoms with Crippen LogP contribution in [0.5, 0.6) is 0 Å². The highest BCUT2D eigenvalue weighted by Crippen LogP contribution is 2.24. The van der Waals surface area contributed by atoms with E-state index in [0.29, 0.717) is 5.76 Å². The van der Waals surface area contributed by atoms with Crippen molar-refractivity contribution in [2.45, 2.75) is 12.3 Å². The molecule has 1 N–H and O–H groups in total. The first-order chi connectivity index (χ1) is 9.08. The predicted molar refractivity (Wildman–Crippen MR) is 66.4 cm³/mol. The molecule has 0 amide bonds. The Labute approximate surface area is 108 Å². The molecular formula is C13H11NO5. The highest BCUT2D eigenvalue weighted by Gasteiger charge is 2.15. The molecule has 2 rings (SSSR count). The van der Waals surface area contributed by atoms with Gasteiger partial charge in [0, 0.05) is 6.08 Å². The molecule has 1 aliphatic carbocycles. The van der Waals surface area contributed by atoms with Crippen LogP contribution in [-0.2, 0) is 0 Å². The van der Waals surface area contributed by atoms with E-state index in [4.69, 9.17) is 9.52 Å². The molecule has 0 saturated carbocycles. The molecule has 0 fully saturated rings. The minimum atomic E-state index is -1.12. The maximum Gasteiger partial charge on any atom is 0.371 e. The third-order valence-corrected chi connectivity index (χ3v) is 2.68. The van der Waals surface area contributed by atoms with Crippen molar-refractivity contribution >= 4 is 5.97 Å². The van der Waals surface area contributed by atoms with Gasteiger partial charge in [0.25, 0.3) is 0 Å². The molecule has 0 saturated heterocycles. The second kappa shape index (κ2) is 5.34. The Morgan fingerprint density at radius 3 is 2.84 bits per heavy atom. The van der Waals surface area contributed by atoms with Crippen LogP contribution in [0.4, 0.5) is 0 Å². The molecule has 6 nitrogen and oxygen atoms in total. The molecule has 1 heterocycles. The molecule has 0 bridgehead atoms. The van der Waals surface area contributed by atoms with Crippen LogP contribution in [0.25, 0.3) is 0 Å². The number of carbonyl (C=O) groups is 1. The van der Waals surface area contributed by atoms with Crippen molar-refractivity contribution in [3.63, 3.8) is 0 Å². The van der Waals surface area contributed by atoms with Crippen molar-refractivity contribution in [3.8, 4) is 0 Å². The zero-order valence-corrected chi connectivity index (χ0v) is 9.85. The maximum absolute atomic E-state index is 10.7. The van der Waals surface area contributed by atoms with Gasteiger partial charge >= 0.3 is 5.97 Å². The number of nitro groups is 1. The van der Waals surface area contributed by atoms with E-state index in [1.54, 1.807) is 30.4 Å². The zero-order chi connectivity index (χ0) is 13.8. The van der Waals surface area contributed by atoms with E-state index in [9.17, 15) is 14.9 Å². The van der Waals surface area contributed by atoms with Gasteiger partial charge in [-0.3, -0.25) is 10.1 Å². The van der Waals surface area contributed by atoms with E-state index in [1.807, 2.05) is 0 Å². The third kappa shape index (κ3) is 2.98. The first-order valence-electron chi connectivity index (χ1n) is 5.59. The van der Waals surface area contributed by atoms with Crippen LogP contribution in [0.1, 0.15) is 28.7 Å². The van der Waals surface area contributed by atoms with Crippen LogP contribution in [0.3, 0.4) is 0 Å². The summed E-state index contributed by atoms with van der Waals surface area (Å²) >= 11 is 0. The molecular weight excluding hydrogens is 250 g/mol. The van der Waals surface area contributed by atoms with Crippen LogP contribution in [0, 0.1) is 10.1 Å². The summed E-state index contributed by atoms with van der Waals surface area (Å²) in [4.78, 5) is 20.9. The normalized spacial score (nSPS) is 22.9. The SMILES string of the molecule is O=C(O)c1ccc(C2C=C/C=C(/[N+](=O)[O-])C/C=C\2)o1. The average Bonchev–Trinajstić information content (AvgIpc) is 2.77. The summed E-state index contributed by atoms with van der Waals surface area (Å²) < 4.78 is 5.20. The minimum absolute atomic E-state index is 0.108. The smallest absolute Gasteiger partial charge is 0.371 e. The zero-order valence-electron chi connectivity index (χ0n) is 9.85. The highest BCUT2D eigenvalue weighted by molar-refractivity contribution is 5.84. The van der Waals surface area contributed by atoms with Crippen LogP contribution in [-0.4, -0.2) is 16.0 Å². The predicted octanol–water partition coefficient (Wildman–Crippen LogP) is 2.74. The molecule has 0 spiro atoms. The number of hydrogen-bond acceptors (Lipinski definition) is 4. The molecule has 6 heteroatoms. The first-order valence-corrected chi connectivity index (χ1v) is 5.59. The Hall–Kier alpha value is -2.63. The van der Waals surface area contributed by atoms with E-state index in [-0.39, 0.29) is 23.8 Å². The summed E-state index contributed by atoms with van der Waals surface area (Å²) in [6.45, 7) is 0. The second-order valence-corrected chi connectivity index (χ2v) is 3.97. The summed E-state index contributed by atoms with van der Waals surface area (Å²) in [6, 6.07) is 2.97. The summed E-state index contributed by atoms with van der Waals surface area (Å²) in [5, 5.41) is 19.4. The van der Waals surface area contributed by atoms with Crippen LogP contribution in [0.15, 0.2) is 52.6 Å². The monoisotopic (exact) mass is 261 g/mol. The van der Waals surface area contributed by atoms with Crippen molar-refractivity contribution in [2.75, 3.05) is 0 Å². The van der Waals surface area contributed by atoms with Crippen molar-refractivity contribution in [1.82, 2.24) is 0 Å². The molecule has 1 aromatic heterocycles. The maximum atomic E-state index is 10.7. The van der Waals surface area contributed by atoms with Gasteiger partial charge in [0.15, 0.2) is 0 Å². The Bertz CT molecular complexity index is 594. The Kier molecular flexibility index (Phi) is 3.61. The Morgan fingerprint density at radius 2 is 2.21 bits per heavy atom. The number of hydrogen-bond donors (Lipinski definition) is 1. The fourth-order valence-corrected chi connectivity index (χ4v) is 1.73. The Morgan fingerprint density at radius 1 is 1.42 bits per heavy atom. The number of allylic oxidation sites excluding steroid dienone is 5. The first kappa shape index (κ1) is 12.8. The number of aromatic carboxylic acids is 1. The molecule has 0 radical (unpaired) electrons. The average molecular weight is 261 g/mol. The fraction of sp³-hybridized carbons (Fsp3) is 0.154. The quantitative estimate of drug-likeness (QED) is 0.513. The summed E-state index contributed by atoms with van der Waals surface area (Å²) in [5.41, 5.74) is 0.108. The number of nitrogens with zero attached hydrogens (tertiary/aromatic N) is 1. The van der Waals surface area contributed by atoms with E-state index in [2.05, 4.69) is 0 Å². The summed E-state index contributed by atoms with van der Waals surface area (Å²) in [6.07, 6.45) is 8.36. The second-order valence-electron chi connectivity index (χ2n) is 3.97. The van der Waals surface area contributed by atoms with E-state index < -0.39 is 10.9 Å². The molecule has 0 aromatic carbocycles.